The summed E-state index contributed by atoms with van der Waals surface area (Å²) in [6.07, 6.45) is 3.58. The van der Waals surface area contributed by atoms with Crippen molar-refractivity contribution in [3.8, 4) is 6.07 Å². The number of anilines is 1. The highest BCUT2D eigenvalue weighted by atomic mass is 16.1. The SMILES string of the molecule is N#Cc1ccc(N)c(C=CC=O)c1. The molecule has 13 heavy (non-hydrogen) atoms. The van der Waals surface area contributed by atoms with Crippen LogP contribution in [-0.2, 0) is 4.79 Å². The lowest BCUT2D eigenvalue weighted by molar-refractivity contribution is -0.104. The number of aldehydes is 1. The summed E-state index contributed by atoms with van der Waals surface area (Å²) in [5.74, 6) is 0. The molecule has 1 aromatic carbocycles. The number of nitrogen functional groups attached to an aromatic ring is 1. The number of allylic oxidation sites excluding steroid dienone is 1. The molecular formula is C10H8N2O. The third kappa shape index (κ3) is 2.17. The molecule has 0 aliphatic carbocycles. The first kappa shape index (κ1) is 9.01. The van der Waals surface area contributed by atoms with Crippen molar-refractivity contribution in [3.63, 3.8) is 0 Å². The molecule has 1 rings (SSSR count). The Morgan fingerprint density at radius 2 is 2.23 bits per heavy atom. The number of hydrogen-bond acceptors (Lipinski definition) is 3. The zero-order valence-corrected chi connectivity index (χ0v) is 6.90. The van der Waals surface area contributed by atoms with E-state index in [2.05, 4.69) is 0 Å². The van der Waals surface area contributed by atoms with Gasteiger partial charge in [-0.05, 0) is 35.9 Å². The Morgan fingerprint density at radius 1 is 1.46 bits per heavy atom. The Morgan fingerprint density at radius 3 is 2.85 bits per heavy atom. The predicted molar refractivity (Wildman–Crippen MR) is 50.7 cm³/mol. The first-order chi connectivity index (χ1) is 6.27. The zero-order chi connectivity index (χ0) is 9.68. The van der Waals surface area contributed by atoms with Gasteiger partial charge in [0.15, 0.2) is 0 Å². The van der Waals surface area contributed by atoms with Crippen LogP contribution >= 0.6 is 0 Å². The van der Waals surface area contributed by atoms with E-state index in [4.69, 9.17) is 11.0 Å². The number of benzene rings is 1. The molecule has 0 spiro atoms. The molecule has 0 unspecified atom stereocenters. The molecule has 0 heterocycles. The van der Waals surface area contributed by atoms with E-state index in [0.29, 0.717) is 23.1 Å². The van der Waals surface area contributed by atoms with Crippen molar-refractivity contribution in [1.29, 1.82) is 5.26 Å². The van der Waals surface area contributed by atoms with Gasteiger partial charge in [0.05, 0.1) is 11.6 Å². The Balaban J connectivity index is 3.12. The summed E-state index contributed by atoms with van der Waals surface area (Å²) < 4.78 is 0. The van der Waals surface area contributed by atoms with Crippen molar-refractivity contribution in [3.05, 3.63) is 35.4 Å². The van der Waals surface area contributed by atoms with Crippen molar-refractivity contribution in [1.82, 2.24) is 0 Å². The standard InChI is InChI=1S/C10H8N2O/c11-7-8-3-4-10(12)9(6-8)2-1-5-13/h1-6H,12H2. The van der Waals surface area contributed by atoms with Gasteiger partial charge in [-0.1, -0.05) is 0 Å². The fourth-order valence-electron chi connectivity index (χ4n) is 0.932. The second-order valence-electron chi connectivity index (χ2n) is 2.45. The molecule has 1 aromatic rings. The van der Waals surface area contributed by atoms with E-state index in [1.165, 1.54) is 6.08 Å². The minimum Gasteiger partial charge on any atom is -0.398 e. The van der Waals surface area contributed by atoms with Crippen LogP contribution in [0.15, 0.2) is 24.3 Å². The largest absolute Gasteiger partial charge is 0.398 e. The summed E-state index contributed by atoms with van der Waals surface area (Å²) in [6.45, 7) is 0. The van der Waals surface area contributed by atoms with Gasteiger partial charge in [-0.3, -0.25) is 4.79 Å². The first-order valence-electron chi connectivity index (χ1n) is 3.69. The molecule has 0 saturated carbocycles. The maximum Gasteiger partial charge on any atom is 0.142 e. The highest BCUT2D eigenvalue weighted by Crippen LogP contribution is 2.14. The van der Waals surface area contributed by atoms with Crippen LogP contribution in [0.3, 0.4) is 0 Å². The number of hydrogen-bond donors (Lipinski definition) is 1. The van der Waals surface area contributed by atoms with Crippen LogP contribution in [0, 0.1) is 11.3 Å². The van der Waals surface area contributed by atoms with Gasteiger partial charge in [-0.15, -0.1) is 0 Å². The molecule has 0 aliphatic rings. The highest BCUT2D eigenvalue weighted by molar-refractivity contribution is 5.77. The molecule has 0 aromatic heterocycles. The number of carbonyl (C=O) groups excluding carboxylic acids is 1. The van der Waals surface area contributed by atoms with E-state index in [-0.39, 0.29) is 0 Å². The van der Waals surface area contributed by atoms with Gasteiger partial charge < -0.3 is 5.73 Å². The Labute approximate surface area is 76.1 Å². The number of nitriles is 1. The minimum absolute atomic E-state index is 0.528. The molecular weight excluding hydrogens is 164 g/mol. The van der Waals surface area contributed by atoms with Crippen LogP contribution in [-0.4, -0.2) is 6.29 Å². The third-order valence-electron chi connectivity index (χ3n) is 1.57. The lowest BCUT2D eigenvalue weighted by Gasteiger charge is -1.98. The molecule has 3 nitrogen and oxygen atoms in total. The number of carbonyl (C=O) groups is 1. The molecule has 0 saturated heterocycles. The van der Waals surface area contributed by atoms with Crippen molar-refractivity contribution < 1.29 is 4.79 Å². The van der Waals surface area contributed by atoms with Gasteiger partial charge in [-0.2, -0.15) is 5.26 Å². The Bertz CT molecular complexity index is 388. The molecule has 0 amide bonds. The van der Waals surface area contributed by atoms with E-state index >= 15 is 0 Å². The molecule has 64 valence electrons. The summed E-state index contributed by atoms with van der Waals surface area (Å²) in [5, 5.41) is 8.59. The van der Waals surface area contributed by atoms with Crippen LogP contribution in [0.1, 0.15) is 11.1 Å². The lowest BCUT2D eigenvalue weighted by atomic mass is 10.1. The average molecular weight is 172 g/mol. The molecule has 0 bridgehead atoms. The number of nitrogens with zero attached hydrogens (tertiary/aromatic N) is 1. The van der Waals surface area contributed by atoms with Crippen LogP contribution in [0.25, 0.3) is 6.08 Å². The van der Waals surface area contributed by atoms with Crippen molar-refractivity contribution >= 4 is 18.0 Å². The summed E-state index contributed by atoms with van der Waals surface area (Å²) in [5.41, 5.74) is 7.37. The van der Waals surface area contributed by atoms with Gasteiger partial charge in [0, 0.05) is 5.69 Å². The second-order valence-corrected chi connectivity index (χ2v) is 2.45. The van der Waals surface area contributed by atoms with Gasteiger partial charge >= 0.3 is 0 Å². The monoisotopic (exact) mass is 172 g/mol. The maximum atomic E-state index is 10.1. The molecule has 0 fully saturated rings. The summed E-state index contributed by atoms with van der Waals surface area (Å²) in [7, 11) is 0. The molecule has 2 N–H and O–H groups in total. The van der Waals surface area contributed by atoms with Gasteiger partial charge in [0.25, 0.3) is 0 Å². The van der Waals surface area contributed by atoms with E-state index in [0.717, 1.165) is 0 Å². The van der Waals surface area contributed by atoms with E-state index < -0.39 is 0 Å². The maximum absolute atomic E-state index is 10.1. The van der Waals surface area contributed by atoms with Gasteiger partial charge in [-0.25, -0.2) is 0 Å². The summed E-state index contributed by atoms with van der Waals surface area (Å²) in [4.78, 5) is 10.1. The quantitative estimate of drug-likeness (QED) is 0.416. The van der Waals surface area contributed by atoms with E-state index in [1.54, 1.807) is 24.3 Å². The first-order valence-corrected chi connectivity index (χ1v) is 3.69. The Kier molecular flexibility index (Phi) is 2.82. The van der Waals surface area contributed by atoms with Gasteiger partial charge in [0.2, 0.25) is 0 Å². The molecule has 0 radical (unpaired) electrons. The fourth-order valence-corrected chi connectivity index (χ4v) is 0.932. The van der Waals surface area contributed by atoms with Crippen LogP contribution in [0.5, 0.6) is 0 Å². The van der Waals surface area contributed by atoms with E-state index in [9.17, 15) is 4.79 Å². The molecule has 0 aliphatic heterocycles. The van der Waals surface area contributed by atoms with Crippen LogP contribution in [0.2, 0.25) is 0 Å². The normalized spacial score (nSPS) is 9.77. The Hall–Kier alpha value is -2.08. The smallest absolute Gasteiger partial charge is 0.142 e. The van der Waals surface area contributed by atoms with Crippen molar-refractivity contribution in [2.24, 2.45) is 0 Å². The summed E-state index contributed by atoms with van der Waals surface area (Å²) in [6, 6.07) is 6.90. The lowest BCUT2D eigenvalue weighted by Crippen LogP contribution is -1.89. The average Bonchev–Trinajstić information content (AvgIpc) is 2.17. The van der Waals surface area contributed by atoms with Crippen molar-refractivity contribution in [2.75, 3.05) is 5.73 Å². The zero-order valence-electron chi connectivity index (χ0n) is 6.90. The number of rotatable bonds is 2. The second kappa shape index (κ2) is 4.07. The topological polar surface area (TPSA) is 66.9 Å². The predicted octanol–water partition coefficient (Wildman–Crippen LogP) is 1.35. The molecule has 3 heteroatoms. The van der Waals surface area contributed by atoms with Crippen LogP contribution < -0.4 is 5.73 Å². The van der Waals surface area contributed by atoms with E-state index in [1.807, 2.05) is 6.07 Å². The fraction of sp³-hybridized carbons (Fsp3) is 0. The van der Waals surface area contributed by atoms with Crippen molar-refractivity contribution in [2.45, 2.75) is 0 Å². The molecule has 0 atom stereocenters. The van der Waals surface area contributed by atoms with Crippen LogP contribution in [0.4, 0.5) is 5.69 Å². The van der Waals surface area contributed by atoms with Gasteiger partial charge in [0.1, 0.15) is 6.29 Å². The number of nitrogens with two attached hydrogens (primary N) is 1. The third-order valence-corrected chi connectivity index (χ3v) is 1.57. The summed E-state index contributed by atoms with van der Waals surface area (Å²) >= 11 is 0. The highest BCUT2D eigenvalue weighted by Gasteiger charge is 1.96. The minimum atomic E-state index is 0.528.